The van der Waals surface area contributed by atoms with Crippen molar-refractivity contribution < 1.29 is 9.90 Å². The zero-order valence-corrected chi connectivity index (χ0v) is 17.7. The van der Waals surface area contributed by atoms with Gasteiger partial charge in [-0.25, -0.2) is 14.8 Å². The lowest BCUT2D eigenvalue weighted by atomic mass is 9.88. The third kappa shape index (κ3) is 3.80. The lowest BCUT2D eigenvalue weighted by Crippen LogP contribution is -2.14. The maximum Gasteiger partial charge on any atom is 0.354 e. The molecule has 6 nitrogen and oxygen atoms in total. The number of hydrogen-bond acceptors (Lipinski definition) is 6. The van der Waals surface area contributed by atoms with Gasteiger partial charge in [-0.15, -0.1) is 0 Å². The van der Waals surface area contributed by atoms with E-state index in [4.69, 9.17) is 0 Å². The summed E-state index contributed by atoms with van der Waals surface area (Å²) in [7, 11) is 0. The normalized spacial score (nSPS) is 14.5. The zero-order valence-electron chi connectivity index (χ0n) is 16.9. The van der Waals surface area contributed by atoms with E-state index in [9.17, 15) is 9.90 Å². The lowest BCUT2D eigenvalue weighted by Gasteiger charge is -2.19. The topological polar surface area (TPSA) is 87.5 Å². The number of hydrogen-bond donors (Lipinski definition) is 2. The van der Waals surface area contributed by atoms with Crippen LogP contribution in [-0.2, 0) is 6.42 Å². The van der Waals surface area contributed by atoms with Gasteiger partial charge >= 0.3 is 5.97 Å². The summed E-state index contributed by atoms with van der Waals surface area (Å²) in [5, 5.41) is 14.9. The van der Waals surface area contributed by atoms with Gasteiger partial charge in [0, 0.05) is 11.1 Å². The van der Waals surface area contributed by atoms with Crippen LogP contribution < -0.4 is 5.43 Å². The third-order valence-electron chi connectivity index (χ3n) is 5.46. The molecule has 4 aromatic rings. The minimum absolute atomic E-state index is 0.0848. The number of carbonyl (C=O) groups is 1. The number of pyridine rings is 1. The molecule has 0 saturated carbocycles. The van der Waals surface area contributed by atoms with Crippen molar-refractivity contribution in [3.8, 4) is 11.3 Å². The highest BCUT2D eigenvalue weighted by Crippen LogP contribution is 2.29. The Labute approximate surface area is 183 Å². The van der Waals surface area contributed by atoms with Crippen molar-refractivity contribution in [2.24, 2.45) is 5.10 Å². The van der Waals surface area contributed by atoms with Crippen LogP contribution in [0.15, 0.2) is 59.7 Å². The molecular formula is C24H20N4O2S. The molecule has 2 heterocycles. The number of thiazole rings is 1. The first-order valence-electron chi connectivity index (χ1n) is 10.1. The molecular weight excluding hydrogens is 408 g/mol. The fraction of sp³-hybridized carbons (Fsp3) is 0.167. The zero-order chi connectivity index (χ0) is 21.4. The van der Waals surface area contributed by atoms with Crippen LogP contribution in [0.1, 0.15) is 40.0 Å². The smallest absolute Gasteiger partial charge is 0.354 e. The van der Waals surface area contributed by atoms with Gasteiger partial charge in [-0.1, -0.05) is 41.7 Å². The van der Waals surface area contributed by atoms with Crippen LogP contribution in [0, 0.1) is 6.92 Å². The van der Waals surface area contributed by atoms with E-state index in [1.807, 2.05) is 36.4 Å². The highest BCUT2D eigenvalue weighted by atomic mass is 32.1. The summed E-state index contributed by atoms with van der Waals surface area (Å²) in [6, 6.07) is 17.9. The summed E-state index contributed by atoms with van der Waals surface area (Å²) in [5.41, 5.74) is 9.67. The summed E-state index contributed by atoms with van der Waals surface area (Å²) in [6.45, 7) is 1.76. The molecule has 7 heteroatoms. The first-order valence-corrected chi connectivity index (χ1v) is 10.9. The van der Waals surface area contributed by atoms with Gasteiger partial charge in [-0.2, -0.15) is 5.10 Å². The first kappa shape index (κ1) is 19.4. The highest BCUT2D eigenvalue weighted by Gasteiger charge is 2.18. The van der Waals surface area contributed by atoms with Gasteiger partial charge < -0.3 is 5.11 Å². The van der Waals surface area contributed by atoms with E-state index in [-0.39, 0.29) is 5.69 Å². The van der Waals surface area contributed by atoms with Gasteiger partial charge in [-0.05, 0) is 61.6 Å². The molecule has 2 aromatic carbocycles. The van der Waals surface area contributed by atoms with Crippen molar-refractivity contribution in [3.63, 3.8) is 0 Å². The van der Waals surface area contributed by atoms with E-state index in [2.05, 4.69) is 32.6 Å². The van der Waals surface area contributed by atoms with Gasteiger partial charge in [-0.3, -0.25) is 5.43 Å². The Morgan fingerprint density at radius 1 is 1.10 bits per heavy atom. The van der Waals surface area contributed by atoms with E-state index in [1.165, 1.54) is 5.56 Å². The van der Waals surface area contributed by atoms with Crippen LogP contribution in [-0.4, -0.2) is 26.8 Å². The Morgan fingerprint density at radius 2 is 1.97 bits per heavy atom. The number of aromatic carboxylic acids is 1. The van der Waals surface area contributed by atoms with E-state index in [0.29, 0.717) is 11.3 Å². The summed E-state index contributed by atoms with van der Waals surface area (Å²) in [4.78, 5) is 20.4. The largest absolute Gasteiger partial charge is 0.477 e. The van der Waals surface area contributed by atoms with Gasteiger partial charge in [0.05, 0.1) is 21.6 Å². The highest BCUT2D eigenvalue weighted by molar-refractivity contribution is 7.22. The second-order valence-electron chi connectivity index (χ2n) is 7.55. The Balaban J connectivity index is 1.49. The average molecular weight is 429 g/mol. The van der Waals surface area contributed by atoms with Crippen LogP contribution in [0.4, 0.5) is 5.13 Å². The van der Waals surface area contributed by atoms with Gasteiger partial charge in [0.15, 0.2) is 5.69 Å². The number of carboxylic acids is 1. The van der Waals surface area contributed by atoms with Crippen molar-refractivity contribution in [1.82, 2.24) is 9.97 Å². The fourth-order valence-corrected chi connectivity index (χ4v) is 4.67. The molecule has 0 amide bonds. The molecule has 0 atom stereocenters. The number of aryl methyl sites for hydroxylation is 2. The molecule has 2 aromatic heterocycles. The van der Waals surface area contributed by atoms with Crippen LogP contribution in [0.25, 0.3) is 21.5 Å². The number of rotatable bonds is 4. The number of nitrogens with zero attached hydrogens (tertiary/aromatic N) is 3. The van der Waals surface area contributed by atoms with Crippen LogP contribution in [0.2, 0.25) is 0 Å². The van der Waals surface area contributed by atoms with Crippen molar-refractivity contribution in [1.29, 1.82) is 0 Å². The minimum Gasteiger partial charge on any atom is -0.477 e. The molecule has 0 radical (unpaired) electrons. The average Bonchev–Trinajstić information content (AvgIpc) is 3.20. The second-order valence-corrected chi connectivity index (χ2v) is 8.58. The number of benzene rings is 2. The first-order chi connectivity index (χ1) is 15.1. The Bertz CT molecular complexity index is 1310. The molecule has 0 spiro atoms. The molecule has 0 unspecified atom stereocenters. The molecule has 0 aliphatic heterocycles. The second kappa shape index (κ2) is 7.92. The Hall–Kier alpha value is -3.58. The van der Waals surface area contributed by atoms with Gasteiger partial charge in [0.1, 0.15) is 0 Å². The number of para-hydroxylation sites is 1. The van der Waals surface area contributed by atoms with Crippen LogP contribution in [0.3, 0.4) is 0 Å². The molecule has 31 heavy (non-hydrogen) atoms. The molecule has 1 aliphatic carbocycles. The molecule has 0 fully saturated rings. The van der Waals surface area contributed by atoms with Crippen molar-refractivity contribution in [2.75, 3.05) is 5.43 Å². The monoisotopic (exact) mass is 428 g/mol. The van der Waals surface area contributed by atoms with Gasteiger partial charge in [0.25, 0.3) is 0 Å². The van der Waals surface area contributed by atoms with Crippen LogP contribution >= 0.6 is 11.3 Å². The molecule has 154 valence electrons. The molecule has 5 rings (SSSR count). The summed E-state index contributed by atoms with van der Waals surface area (Å²) in [5.74, 6) is -1.01. The number of hydrazone groups is 1. The lowest BCUT2D eigenvalue weighted by molar-refractivity contribution is 0.0690. The Morgan fingerprint density at radius 3 is 2.81 bits per heavy atom. The fourth-order valence-electron chi connectivity index (χ4n) is 3.86. The summed E-state index contributed by atoms with van der Waals surface area (Å²) < 4.78 is 1.12. The van der Waals surface area contributed by atoms with Crippen molar-refractivity contribution in [3.05, 3.63) is 77.0 Å². The van der Waals surface area contributed by atoms with Gasteiger partial charge in [0.2, 0.25) is 5.13 Å². The van der Waals surface area contributed by atoms with E-state index < -0.39 is 5.97 Å². The molecule has 0 bridgehead atoms. The summed E-state index contributed by atoms with van der Waals surface area (Å²) >= 11 is 1.58. The predicted octanol–water partition coefficient (Wildman–Crippen LogP) is 5.52. The molecule has 0 saturated heterocycles. The number of carboxylic acid groups (broad SMARTS) is 1. The molecule has 2 N–H and O–H groups in total. The number of aromatic nitrogens is 2. The maximum absolute atomic E-state index is 11.5. The molecule has 1 aliphatic rings. The minimum atomic E-state index is -1.01. The third-order valence-corrected chi connectivity index (χ3v) is 6.40. The Kier molecular flexibility index (Phi) is 4.95. The maximum atomic E-state index is 11.5. The quantitative estimate of drug-likeness (QED) is 0.418. The number of anilines is 1. The number of fused-ring (bicyclic) bond motifs is 2. The standard InChI is InChI=1S/C24H20N4O2S/c1-14-9-12-18(25-22(14)23(29)30)16-11-10-15-5-4-7-19(17(15)13-16)27-28-24-26-20-6-2-3-8-21(20)31-24/h2-3,6,8-13H,4-5,7H2,1H3,(H,26,28)(H,29,30)/b27-19+. The van der Waals surface area contributed by atoms with E-state index >= 15 is 0 Å². The SMILES string of the molecule is Cc1ccc(-c2ccc3c(c2)/C(=N/Nc2nc4ccccc4s2)CCC3)nc1C(=O)O. The van der Waals surface area contributed by atoms with Crippen molar-refractivity contribution in [2.45, 2.75) is 26.2 Å². The van der Waals surface area contributed by atoms with E-state index in [0.717, 1.165) is 51.4 Å². The van der Waals surface area contributed by atoms with Crippen LogP contribution in [0.5, 0.6) is 0 Å². The predicted molar refractivity (Wildman–Crippen MR) is 124 cm³/mol. The number of nitrogens with one attached hydrogen (secondary N) is 1. The van der Waals surface area contributed by atoms with E-state index in [1.54, 1.807) is 24.3 Å². The summed E-state index contributed by atoms with van der Waals surface area (Å²) in [6.07, 6.45) is 2.91. The van der Waals surface area contributed by atoms with Crippen molar-refractivity contribution >= 4 is 38.4 Å².